The lowest BCUT2D eigenvalue weighted by Gasteiger charge is -2.34. The van der Waals surface area contributed by atoms with Gasteiger partial charge < -0.3 is 15.4 Å². The van der Waals surface area contributed by atoms with Crippen LogP contribution in [0.2, 0.25) is 0 Å². The van der Waals surface area contributed by atoms with Gasteiger partial charge in [-0.05, 0) is 44.7 Å². The Kier molecular flexibility index (Phi) is 9.02. The SMILES string of the molecule is Cc1ccccc1C(=O)NC(CC(C)C)C(=O)NCCS(=O)(=O)N1CC(C)OC(C)C1. The van der Waals surface area contributed by atoms with Crippen LogP contribution in [0.15, 0.2) is 24.3 Å². The second-order valence-electron chi connectivity index (χ2n) is 8.65. The molecule has 1 aliphatic heterocycles. The van der Waals surface area contributed by atoms with Crippen LogP contribution in [0.5, 0.6) is 0 Å². The Hall–Kier alpha value is -1.97. The van der Waals surface area contributed by atoms with Crippen LogP contribution in [0, 0.1) is 12.8 Å². The number of sulfonamides is 1. The van der Waals surface area contributed by atoms with Crippen LogP contribution >= 0.6 is 0 Å². The molecule has 0 spiro atoms. The fraction of sp³-hybridized carbons (Fsp3) is 0.636. The molecule has 0 radical (unpaired) electrons. The van der Waals surface area contributed by atoms with Gasteiger partial charge in [-0.15, -0.1) is 0 Å². The first-order valence-electron chi connectivity index (χ1n) is 10.8. The third-order valence-electron chi connectivity index (χ3n) is 5.16. The van der Waals surface area contributed by atoms with Crippen molar-refractivity contribution in [3.05, 3.63) is 35.4 Å². The Balaban J connectivity index is 1.96. The maximum atomic E-state index is 12.7. The van der Waals surface area contributed by atoms with Crippen LogP contribution in [-0.4, -0.2) is 68.2 Å². The molecule has 2 rings (SSSR count). The Labute approximate surface area is 185 Å². The highest BCUT2D eigenvalue weighted by Gasteiger charge is 2.31. The highest BCUT2D eigenvalue weighted by atomic mass is 32.2. The van der Waals surface area contributed by atoms with Crippen LogP contribution in [0.4, 0.5) is 0 Å². The van der Waals surface area contributed by atoms with Crippen LogP contribution in [0.3, 0.4) is 0 Å². The highest BCUT2D eigenvalue weighted by Crippen LogP contribution is 2.15. The minimum Gasteiger partial charge on any atom is -0.373 e. The van der Waals surface area contributed by atoms with Crippen molar-refractivity contribution >= 4 is 21.8 Å². The predicted molar refractivity (Wildman–Crippen MR) is 120 cm³/mol. The van der Waals surface area contributed by atoms with Crippen molar-refractivity contribution in [2.24, 2.45) is 5.92 Å². The van der Waals surface area contributed by atoms with Crippen LogP contribution in [0.1, 0.15) is 50.0 Å². The molecular weight excluding hydrogens is 418 g/mol. The highest BCUT2D eigenvalue weighted by molar-refractivity contribution is 7.89. The average Bonchev–Trinajstić information content (AvgIpc) is 2.66. The van der Waals surface area contributed by atoms with Gasteiger partial charge in [0, 0.05) is 25.2 Å². The van der Waals surface area contributed by atoms with Gasteiger partial charge in [0.2, 0.25) is 15.9 Å². The van der Waals surface area contributed by atoms with E-state index in [1.807, 2.05) is 46.8 Å². The number of amides is 2. The van der Waals surface area contributed by atoms with Gasteiger partial charge in [0.05, 0.1) is 18.0 Å². The first-order chi connectivity index (χ1) is 14.5. The van der Waals surface area contributed by atoms with E-state index in [9.17, 15) is 18.0 Å². The van der Waals surface area contributed by atoms with E-state index in [0.29, 0.717) is 25.1 Å². The third kappa shape index (κ3) is 7.59. The van der Waals surface area contributed by atoms with Crippen LogP contribution in [0.25, 0.3) is 0 Å². The van der Waals surface area contributed by atoms with Gasteiger partial charge in [-0.2, -0.15) is 4.31 Å². The monoisotopic (exact) mass is 453 g/mol. The molecule has 0 aromatic heterocycles. The Morgan fingerprint density at radius 3 is 2.35 bits per heavy atom. The molecule has 174 valence electrons. The van der Waals surface area contributed by atoms with Gasteiger partial charge in [-0.1, -0.05) is 32.0 Å². The minimum absolute atomic E-state index is 0.0177. The smallest absolute Gasteiger partial charge is 0.252 e. The Morgan fingerprint density at radius 1 is 1.16 bits per heavy atom. The fourth-order valence-corrected chi connectivity index (χ4v) is 5.17. The molecule has 1 saturated heterocycles. The molecule has 2 N–H and O–H groups in total. The summed E-state index contributed by atoms with van der Waals surface area (Å²) in [6, 6.07) is 6.44. The lowest BCUT2D eigenvalue weighted by Crippen LogP contribution is -2.51. The zero-order valence-corrected chi connectivity index (χ0v) is 19.9. The molecule has 3 atom stereocenters. The summed E-state index contributed by atoms with van der Waals surface area (Å²) in [4.78, 5) is 25.4. The predicted octanol–water partition coefficient (Wildman–Crippen LogP) is 1.69. The van der Waals surface area contributed by atoms with E-state index in [2.05, 4.69) is 10.6 Å². The molecule has 31 heavy (non-hydrogen) atoms. The summed E-state index contributed by atoms with van der Waals surface area (Å²) in [5.41, 5.74) is 1.34. The number of benzene rings is 1. The van der Waals surface area contributed by atoms with Crippen molar-refractivity contribution in [1.29, 1.82) is 0 Å². The Morgan fingerprint density at radius 2 is 1.77 bits per heavy atom. The molecule has 1 aromatic carbocycles. The van der Waals surface area contributed by atoms with Crippen LogP contribution in [-0.2, 0) is 19.6 Å². The number of ether oxygens (including phenoxy) is 1. The van der Waals surface area contributed by atoms with E-state index in [1.54, 1.807) is 12.1 Å². The van der Waals surface area contributed by atoms with E-state index < -0.39 is 16.1 Å². The zero-order chi connectivity index (χ0) is 23.2. The van der Waals surface area contributed by atoms with Crippen molar-refractivity contribution < 1.29 is 22.7 Å². The van der Waals surface area contributed by atoms with Gasteiger partial charge in [0.25, 0.3) is 5.91 Å². The van der Waals surface area contributed by atoms with Crippen LogP contribution < -0.4 is 10.6 Å². The van der Waals surface area contributed by atoms with E-state index in [0.717, 1.165) is 5.56 Å². The number of carbonyl (C=O) groups is 2. The maximum Gasteiger partial charge on any atom is 0.252 e. The van der Waals surface area contributed by atoms with Crippen molar-refractivity contribution in [3.63, 3.8) is 0 Å². The van der Waals surface area contributed by atoms with Gasteiger partial charge >= 0.3 is 0 Å². The number of morpholine rings is 1. The van der Waals surface area contributed by atoms with Crippen molar-refractivity contribution in [2.45, 2.75) is 59.3 Å². The zero-order valence-electron chi connectivity index (χ0n) is 19.1. The van der Waals surface area contributed by atoms with E-state index in [-0.39, 0.29) is 42.2 Å². The van der Waals surface area contributed by atoms with Gasteiger partial charge in [0.1, 0.15) is 6.04 Å². The molecule has 8 nitrogen and oxygen atoms in total. The van der Waals surface area contributed by atoms with Gasteiger partial charge in [0.15, 0.2) is 0 Å². The molecule has 1 fully saturated rings. The first kappa shape index (κ1) is 25.3. The molecule has 2 amide bonds. The van der Waals surface area contributed by atoms with E-state index in [1.165, 1.54) is 4.31 Å². The summed E-state index contributed by atoms with van der Waals surface area (Å²) >= 11 is 0. The van der Waals surface area contributed by atoms with Crippen molar-refractivity contribution in [1.82, 2.24) is 14.9 Å². The number of carbonyl (C=O) groups excluding carboxylic acids is 2. The molecule has 0 saturated carbocycles. The number of nitrogens with zero attached hydrogens (tertiary/aromatic N) is 1. The molecule has 1 aromatic rings. The Bertz CT molecular complexity index is 862. The number of hydrogen-bond donors (Lipinski definition) is 2. The lowest BCUT2D eigenvalue weighted by atomic mass is 10.0. The van der Waals surface area contributed by atoms with Crippen molar-refractivity contribution in [3.8, 4) is 0 Å². The minimum atomic E-state index is -3.51. The maximum absolute atomic E-state index is 12.7. The summed E-state index contributed by atoms with van der Waals surface area (Å²) in [6.45, 7) is 10.0. The number of nitrogens with one attached hydrogen (secondary N) is 2. The third-order valence-corrected chi connectivity index (χ3v) is 6.96. The molecule has 0 bridgehead atoms. The molecule has 3 unspecified atom stereocenters. The number of aryl methyl sites for hydroxylation is 1. The van der Waals surface area contributed by atoms with E-state index in [4.69, 9.17) is 4.74 Å². The summed E-state index contributed by atoms with van der Waals surface area (Å²) in [5, 5.41) is 5.49. The molecule has 1 aliphatic rings. The normalized spacial score (nSPS) is 21.0. The molecule has 0 aliphatic carbocycles. The second kappa shape index (κ2) is 11.1. The van der Waals surface area contributed by atoms with E-state index >= 15 is 0 Å². The molecule has 1 heterocycles. The molecular formula is C22H35N3O5S. The van der Waals surface area contributed by atoms with Crippen molar-refractivity contribution in [2.75, 3.05) is 25.4 Å². The number of rotatable bonds is 9. The first-order valence-corrected chi connectivity index (χ1v) is 12.4. The summed E-state index contributed by atoms with van der Waals surface area (Å²) in [7, 11) is -3.51. The quantitative estimate of drug-likeness (QED) is 0.592. The lowest BCUT2D eigenvalue weighted by molar-refractivity contribution is -0.123. The van der Waals surface area contributed by atoms with Gasteiger partial charge in [-0.25, -0.2) is 8.42 Å². The second-order valence-corrected chi connectivity index (χ2v) is 10.7. The average molecular weight is 454 g/mol. The fourth-order valence-electron chi connectivity index (χ4n) is 3.68. The van der Waals surface area contributed by atoms with Gasteiger partial charge in [-0.3, -0.25) is 9.59 Å². The standard InChI is InChI=1S/C22H35N3O5S/c1-15(2)12-20(24-21(26)19-9-7-6-8-16(19)3)22(27)23-10-11-31(28,29)25-13-17(4)30-18(5)14-25/h6-9,15,17-18,20H,10-14H2,1-5H3,(H,23,27)(H,24,26). The topological polar surface area (TPSA) is 105 Å². The number of hydrogen-bond acceptors (Lipinski definition) is 5. The summed E-state index contributed by atoms with van der Waals surface area (Å²) in [6.07, 6.45) is 0.120. The summed E-state index contributed by atoms with van der Waals surface area (Å²) in [5.74, 6) is -0.719. The largest absolute Gasteiger partial charge is 0.373 e. The summed E-state index contributed by atoms with van der Waals surface area (Å²) < 4.78 is 32.3. The molecule has 9 heteroatoms.